The molecule has 17 heavy (non-hydrogen) atoms. The van der Waals surface area contributed by atoms with Crippen molar-refractivity contribution >= 4 is 27.7 Å². The normalized spacial score (nSPS) is 10.8. The van der Waals surface area contributed by atoms with Crippen molar-refractivity contribution in [2.45, 2.75) is 30.6 Å². The maximum Gasteiger partial charge on any atom is 0.261 e. The van der Waals surface area contributed by atoms with Crippen molar-refractivity contribution in [2.24, 2.45) is 0 Å². The van der Waals surface area contributed by atoms with Gasteiger partial charge in [-0.3, -0.25) is 0 Å². The van der Waals surface area contributed by atoms with E-state index < -0.39 is 0 Å². The zero-order chi connectivity index (χ0) is 12.4. The van der Waals surface area contributed by atoms with Crippen LogP contribution in [0.4, 0.5) is 0 Å². The van der Waals surface area contributed by atoms with Crippen molar-refractivity contribution in [1.29, 1.82) is 0 Å². The molecule has 0 aliphatic rings. The third-order valence-electron chi connectivity index (χ3n) is 2.39. The van der Waals surface area contributed by atoms with Crippen LogP contribution >= 0.6 is 27.7 Å². The monoisotopic (exact) mass is 313 g/mol. The molecule has 90 valence electrons. The number of halogens is 1. The van der Waals surface area contributed by atoms with E-state index >= 15 is 0 Å². The summed E-state index contributed by atoms with van der Waals surface area (Å²) in [5.41, 5.74) is 1.79. The number of aryl methyl sites for hydroxylation is 2. The summed E-state index contributed by atoms with van der Waals surface area (Å²) in [6.07, 6.45) is 0. The zero-order valence-corrected chi connectivity index (χ0v) is 11.9. The zero-order valence-electron chi connectivity index (χ0n) is 9.53. The third-order valence-corrected chi connectivity index (χ3v) is 4.23. The Kier molecular flexibility index (Phi) is 3.91. The molecule has 5 heteroatoms. The van der Waals surface area contributed by atoms with Crippen molar-refractivity contribution in [2.75, 3.05) is 0 Å². The quantitative estimate of drug-likeness (QED) is 0.938. The van der Waals surface area contributed by atoms with Gasteiger partial charge in [0.1, 0.15) is 5.76 Å². The van der Waals surface area contributed by atoms with Crippen LogP contribution in [0.5, 0.6) is 0 Å². The minimum Gasteiger partial charge on any atom is -0.436 e. The van der Waals surface area contributed by atoms with Crippen molar-refractivity contribution < 1.29 is 9.52 Å². The fourth-order valence-electron chi connectivity index (χ4n) is 1.31. The Morgan fingerprint density at radius 2 is 2.18 bits per heavy atom. The molecule has 0 spiro atoms. The molecule has 3 nitrogen and oxygen atoms in total. The lowest BCUT2D eigenvalue weighted by Gasteiger charge is -2.03. The largest absolute Gasteiger partial charge is 0.436 e. The maximum absolute atomic E-state index is 9.02. The number of aliphatic hydroxyl groups excluding tert-OH is 1. The first-order valence-electron chi connectivity index (χ1n) is 5.11. The highest BCUT2D eigenvalue weighted by Gasteiger charge is 2.10. The fraction of sp³-hybridized carbons (Fsp3) is 0.250. The van der Waals surface area contributed by atoms with Crippen LogP contribution < -0.4 is 0 Å². The molecule has 0 saturated carbocycles. The van der Waals surface area contributed by atoms with Gasteiger partial charge in [0.2, 0.25) is 0 Å². The fourth-order valence-corrected chi connectivity index (χ4v) is 2.81. The van der Waals surface area contributed by atoms with E-state index in [1.807, 2.05) is 32.0 Å². The Morgan fingerprint density at radius 1 is 1.41 bits per heavy atom. The molecule has 1 heterocycles. The summed E-state index contributed by atoms with van der Waals surface area (Å²) in [6.45, 7) is 3.86. The molecule has 0 fully saturated rings. The number of hydrogen-bond donors (Lipinski definition) is 1. The summed E-state index contributed by atoms with van der Waals surface area (Å²) >= 11 is 4.93. The molecule has 0 amide bonds. The second kappa shape index (κ2) is 5.25. The number of rotatable bonds is 3. The topological polar surface area (TPSA) is 46.3 Å². The predicted molar refractivity (Wildman–Crippen MR) is 70.2 cm³/mol. The van der Waals surface area contributed by atoms with Crippen LogP contribution in [0.1, 0.15) is 17.0 Å². The molecule has 0 saturated heterocycles. The molecule has 1 aromatic carbocycles. The number of nitrogens with zero attached hydrogens (tertiary/aromatic N) is 1. The van der Waals surface area contributed by atoms with E-state index in [1.54, 1.807) is 0 Å². The molecule has 1 aromatic heterocycles. The van der Waals surface area contributed by atoms with Crippen LogP contribution in [-0.2, 0) is 6.61 Å². The van der Waals surface area contributed by atoms with Crippen LogP contribution in [-0.4, -0.2) is 10.1 Å². The van der Waals surface area contributed by atoms with Gasteiger partial charge in [-0.15, -0.1) is 0 Å². The number of hydrogen-bond acceptors (Lipinski definition) is 4. The van der Waals surface area contributed by atoms with Gasteiger partial charge in [0.15, 0.2) is 0 Å². The lowest BCUT2D eigenvalue weighted by atomic mass is 10.2. The molecule has 2 rings (SSSR count). The Balaban J connectivity index is 2.24. The van der Waals surface area contributed by atoms with E-state index in [9.17, 15) is 0 Å². The Bertz CT molecular complexity index is 520. The number of aliphatic hydroxyl groups is 1. The number of aromatic nitrogens is 1. The van der Waals surface area contributed by atoms with Crippen molar-refractivity contribution in [3.05, 3.63) is 39.7 Å². The van der Waals surface area contributed by atoms with E-state index in [1.165, 1.54) is 11.8 Å². The standard InChI is InChI=1S/C12H12BrNO2S/c1-7-8(2)16-12(14-7)17-11-4-3-9(6-15)5-10(11)13/h3-5,15H,6H2,1-2H3. The average Bonchev–Trinajstić information content (AvgIpc) is 2.61. The highest BCUT2D eigenvalue weighted by Crippen LogP contribution is 2.34. The molecule has 0 radical (unpaired) electrons. The van der Waals surface area contributed by atoms with Gasteiger partial charge in [0.25, 0.3) is 5.22 Å². The van der Waals surface area contributed by atoms with E-state index in [0.29, 0.717) is 5.22 Å². The summed E-state index contributed by atoms with van der Waals surface area (Å²) in [6, 6.07) is 5.72. The van der Waals surface area contributed by atoms with Gasteiger partial charge < -0.3 is 9.52 Å². The molecule has 0 atom stereocenters. The number of benzene rings is 1. The molecule has 0 unspecified atom stereocenters. The van der Waals surface area contributed by atoms with Gasteiger partial charge in [0.05, 0.1) is 12.3 Å². The molecular formula is C12H12BrNO2S. The molecular weight excluding hydrogens is 302 g/mol. The van der Waals surface area contributed by atoms with Gasteiger partial charge in [-0.05, 0) is 59.2 Å². The number of oxazole rings is 1. The second-order valence-electron chi connectivity index (χ2n) is 3.65. The van der Waals surface area contributed by atoms with Crippen LogP contribution in [0.15, 0.2) is 37.2 Å². The van der Waals surface area contributed by atoms with Crippen molar-refractivity contribution in [3.63, 3.8) is 0 Å². The Hall–Kier alpha value is -0.780. The highest BCUT2D eigenvalue weighted by molar-refractivity contribution is 9.10. The first-order chi connectivity index (χ1) is 8.10. The SMILES string of the molecule is Cc1nc(Sc2ccc(CO)cc2Br)oc1C. The smallest absolute Gasteiger partial charge is 0.261 e. The average molecular weight is 314 g/mol. The first kappa shape index (κ1) is 12.7. The van der Waals surface area contributed by atoms with E-state index in [4.69, 9.17) is 9.52 Å². The van der Waals surface area contributed by atoms with Crippen molar-refractivity contribution in [3.8, 4) is 0 Å². The molecule has 0 aliphatic heterocycles. The molecule has 1 N–H and O–H groups in total. The van der Waals surface area contributed by atoms with Gasteiger partial charge >= 0.3 is 0 Å². The van der Waals surface area contributed by atoms with Gasteiger partial charge in [-0.25, -0.2) is 4.98 Å². The van der Waals surface area contributed by atoms with E-state index in [0.717, 1.165) is 26.4 Å². The minimum atomic E-state index is 0.0424. The maximum atomic E-state index is 9.02. The van der Waals surface area contributed by atoms with Gasteiger partial charge in [-0.2, -0.15) is 0 Å². The summed E-state index contributed by atoms with van der Waals surface area (Å²) in [5, 5.41) is 9.66. The molecule has 0 bridgehead atoms. The summed E-state index contributed by atoms with van der Waals surface area (Å²) in [7, 11) is 0. The first-order valence-corrected chi connectivity index (χ1v) is 6.72. The molecule has 2 aromatic rings. The van der Waals surface area contributed by atoms with Gasteiger partial charge in [0, 0.05) is 9.37 Å². The lowest BCUT2D eigenvalue weighted by molar-refractivity contribution is 0.281. The van der Waals surface area contributed by atoms with Crippen LogP contribution in [0, 0.1) is 13.8 Å². The van der Waals surface area contributed by atoms with Gasteiger partial charge in [-0.1, -0.05) is 6.07 Å². The van der Waals surface area contributed by atoms with Crippen LogP contribution in [0.25, 0.3) is 0 Å². The molecule has 0 aliphatic carbocycles. The third kappa shape index (κ3) is 2.91. The second-order valence-corrected chi connectivity index (χ2v) is 5.49. The van der Waals surface area contributed by atoms with Crippen LogP contribution in [0.2, 0.25) is 0 Å². The predicted octanol–water partition coefficient (Wildman–Crippen LogP) is 3.70. The summed E-state index contributed by atoms with van der Waals surface area (Å²) in [5.74, 6) is 0.843. The summed E-state index contributed by atoms with van der Waals surface area (Å²) < 4.78 is 6.44. The van der Waals surface area contributed by atoms with Crippen LogP contribution in [0.3, 0.4) is 0 Å². The van der Waals surface area contributed by atoms with E-state index in [-0.39, 0.29) is 6.61 Å². The van der Waals surface area contributed by atoms with E-state index in [2.05, 4.69) is 20.9 Å². The van der Waals surface area contributed by atoms with Crippen molar-refractivity contribution in [1.82, 2.24) is 4.98 Å². The summed E-state index contributed by atoms with van der Waals surface area (Å²) in [4.78, 5) is 5.33. The Morgan fingerprint density at radius 3 is 2.71 bits per heavy atom. The Labute approximate surface area is 112 Å². The minimum absolute atomic E-state index is 0.0424. The highest BCUT2D eigenvalue weighted by atomic mass is 79.9. The lowest BCUT2D eigenvalue weighted by Crippen LogP contribution is -1.84.